The topological polar surface area (TPSA) is 73.9 Å². The van der Waals surface area contributed by atoms with Crippen LogP contribution in [0.5, 0.6) is 11.5 Å². The highest BCUT2D eigenvalue weighted by molar-refractivity contribution is 9.10. The van der Waals surface area contributed by atoms with Gasteiger partial charge < -0.3 is 19.5 Å². The van der Waals surface area contributed by atoms with Crippen molar-refractivity contribution in [1.82, 2.24) is 5.32 Å². The summed E-state index contributed by atoms with van der Waals surface area (Å²) >= 11 is 3.69. The third kappa shape index (κ3) is 4.13. The average Bonchev–Trinajstić information content (AvgIpc) is 3.54. The highest BCUT2D eigenvalue weighted by Gasteiger charge is 2.43. The van der Waals surface area contributed by atoms with Crippen molar-refractivity contribution >= 4 is 27.7 Å². The molecule has 2 atom stereocenters. The fourth-order valence-corrected chi connectivity index (χ4v) is 6.51. The molecule has 0 aromatic heterocycles. The van der Waals surface area contributed by atoms with Crippen LogP contribution < -0.4 is 14.8 Å². The van der Waals surface area contributed by atoms with E-state index in [1.807, 2.05) is 37.3 Å². The molecule has 0 unspecified atom stereocenters. The number of ketones is 1. The SMILES string of the molecule is CC1=C(C(=O)OC2CCCC2)[C@@H](c2cc3c(cc2Br)OCO3)C2=C(C[C@H](c3ccccc3)CC2=O)N1. The van der Waals surface area contributed by atoms with Gasteiger partial charge in [-0.05, 0) is 68.2 Å². The van der Waals surface area contributed by atoms with Gasteiger partial charge in [-0.3, -0.25) is 4.79 Å². The van der Waals surface area contributed by atoms with E-state index in [1.165, 1.54) is 0 Å². The van der Waals surface area contributed by atoms with Crippen LogP contribution in [0.1, 0.15) is 68.4 Å². The van der Waals surface area contributed by atoms with Crippen LogP contribution in [0.25, 0.3) is 0 Å². The molecule has 1 N–H and O–H groups in total. The number of nitrogens with one attached hydrogen (secondary N) is 1. The molecule has 0 spiro atoms. The summed E-state index contributed by atoms with van der Waals surface area (Å²) in [5.74, 6) is 0.481. The molecule has 1 saturated carbocycles. The largest absolute Gasteiger partial charge is 0.459 e. The second-order valence-electron chi connectivity index (χ2n) is 9.97. The van der Waals surface area contributed by atoms with Gasteiger partial charge in [0.15, 0.2) is 17.3 Å². The Hall–Kier alpha value is -3.06. The number of allylic oxidation sites excluding steroid dienone is 3. The Bertz CT molecular complexity index is 1290. The lowest BCUT2D eigenvalue weighted by molar-refractivity contribution is -0.144. The maximum absolute atomic E-state index is 13.8. The van der Waals surface area contributed by atoms with E-state index in [9.17, 15) is 9.59 Å². The van der Waals surface area contributed by atoms with Crippen LogP contribution in [0.3, 0.4) is 0 Å². The number of esters is 1. The van der Waals surface area contributed by atoms with Gasteiger partial charge in [-0.15, -0.1) is 0 Å². The molecule has 4 aliphatic rings. The molecule has 2 aromatic carbocycles. The number of hydrogen-bond acceptors (Lipinski definition) is 6. The van der Waals surface area contributed by atoms with Gasteiger partial charge in [-0.1, -0.05) is 46.3 Å². The first-order valence-corrected chi connectivity index (χ1v) is 13.4. The van der Waals surface area contributed by atoms with E-state index < -0.39 is 5.92 Å². The van der Waals surface area contributed by atoms with Crippen molar-refractivity contribution in [3.05, 3.63) is 80.6 Å². The summed E-state index contributed by atoms with van der Waals surface area (Å²) in [6.45, 7) is 2.05. The van der Waals surface area contributed by atoms with Crippen LogP contribution in [0.2, 0.25) is 0 Å². The summed E-state index contributed by atoms with van der Waals surface area (Å²) in [6.07, 6.45) is 4.93. The number of hydrogen-bond donors (Lipinski definition) is 1. The highest BCUT2D eigenvalue weighted by atomic mass is 79.9. The predicted octanol–water partition coefficient (Wildman–Crippen LogP) is 6.03. The van der Waals surface area contributed by atoms with E-state index in [4.69, 9.17) is 14.2 Å². The quantitative estimate of drug-likeness (QED) is 0.469. The van der Waals surface area contributed by atoms with Crippen molar-refractivity contribution in [3.63, 3.8) is 0 Å². The summed E-state index contributed by atoms with van der Waals surface area (Å²) in [4.78, 5) is 27.5. The third-order valence-electron chi connectivity index (χ3n) is 7.70. The Morgan fingerprint density at radius 1 is 1.06 bits per heavy atom. The molecular weight excluding hydrogens is 522 g/mol. The summed E-state index contributed by atoms with van der Waals surface area (Å²) in [6, 6.07) is 13.9. The van der Waals surface area contributed by atoms with E-state index in [2.05, 4.69) is 33.4 Å². The number of dihydropyridines is 1. The Kier molecular flexibility index (Phi) is 6.12. The molecule has 186 valence electrons. The first kappa shape index (κ1) is 23.3. The predicted molar refractivity (Wildman–Crippen MR) is 138 cm³/mol. The third-order valence-corrected chi connectivity index (χ3v) is 8.38. The maximum Gasteiger partial charge on any atom is 0.337 e. The molecule has 2 aliphatic carbocycles. The fraction of sp³-hybridized carbons (Fsp3) is 0.379. The Labute approximate surface area is 218 Å². The van der Waals surface area contributed by atoms with Gasteiger partial charge in [0.05, 0.1) is 5.57 Å². The molecule has 1 fully saturated rings. The molecule has 0 bridgehead atoms. The van der Waals surface area contributed by atoms with Gasteiger partial charge in [-0.25, -0.2) is 4.79 Å². The molecule has 0 radical (unpaired) electrons. The number of fused-ring (bicyclic) bond motifs is 1. The van der Waals surface area contributed by atoms with Crippen LogP contribution in [-0.2, 0) is 14.3 Å². The molecule has 2 aliphatic heterocycles. The van der Waals surface area contributed by atoms with Gasteiger partial charge in [0.1, 0.15) is 6.10 Å². The van der Waals surface area contributed by atoms with Crippen molar-refractivity contribution in [1.29, 1.82) is 0 Å². The summed E-state index contributed by atoms with van der Waals surface area (Å²) in [5.41, 5.74) is 4.69. The zero-order valence-electron chi connectivity index (χ0n) is 20.1. The lowest BCUT2D eigenvalue weighted by Crippen LogP contribution is -2.36. The van der Waals surface area contributed by atoms with E-state index in [0.717, 1.165) is 52.7 Å². The molecule has 2 heterocycles. The number of carbonyl (C=O) groups excluding carboxylic acids is 2. The molecule has 2 aromatic rings. The normalized spacial score (nSPS) is 23.6. The molecule has 0 amide bonds. The Morgan fingerprint density at radius 3 is 2.53 bits per heavy atom. The van der Waals surface area contributed by atoms with E-state index >= 15 is 0 Å². The zero-order valence-corrected chi connectivity index (χ0v) is 21.7. The molecule has 0 saturated heterocycles. The zero-order chi connectivity index (χ0) is 24.8. The minimum Gasteiger partial charge on any atom is -0.459 e. The molecule has 36 heavy (non-hydrogen) atoms. The van der Waals surface area contributed by atoms with Gasteiger partial charge in [0, 0.05) is 33.8 Å². The first-order chi connectivity index (χ1) is 17.5. The van der Waals surface area contributed by atoms with Crippen molar-refractivity contribution in [2.75, 3.05) is 6.79 Å². The lowest BCUT2D eigenvalue weighted by atomic mass is 9.71. The maximum atomic E-state index is 13.8. The number of rotatable bonds is 4. The molecular formula is C29H28BrNO5. The molecule has 6 nitrogen and oxygen atoms in total. The van der Waals surface area contributed by atoms with Crippen molar-refractivity contribution in [3.8, 4) is 11.5 Å². The van der Waals surface area contributed by atoms with Gasteiger partial charge >= 0.3 is 5.97 Å². The van der Waals surface area contributed by atoms with Gasteiger partial charge in [0.25, 0.3) is 0 Å². The van der Waals surface area contributed by atoms with Gasteiger partial charge in [0.2, 0.25) is 6.79 Å². The smallest absolute Gasteiger partial charge is 0.337 e. The molecule has 6 rings (SSSR count). The van der Waals surface area contributed by atoms with Crippen LogP contribution >= 0.6 is 15.9 Å². The van der Waals surface area contributed by atoms with Crippen LogP contribution in [0.4, 0.5) is 0 Å². The van der Waals surface area contributed by atoms with Crippen LogP contribution in [0, 0.1) is 0 Å². The number of benzene rings is 2. The van der Waals surface area contributed by atoms with E-state index in [0.29, 0.717) is 35.5 Å². The summed E-state index contributed by atoms with van der Waals surface area (Å²) in [7, 11) is 0. The van der Waals surface area contributed by atoms with Crippen molar-refractivity contribution in [2.45, 2.75) is 63.4 Å². The summed E-state index contributed by atoms with van der Waals surface area (Å²) in [5, 5.41) is 3.44. The number of carbonyl (C=O) groups is 2. The highest BCUT2D eigenvalue weighted by Crippen LogP contribution is 2.49. The van der Waals surface area contributed by atoms with E-state index in [-0.39, 0.29) is 30.6 Å². The Balaban J connectivity index is 1.44. The lowest BCUT2D eigenvalue weighted by Gasteiger charge is -2.37. The fourth-order valence-electron chi connectivity index (χ4n) is 5.96. The first-order valence-electron chi connectivity index (χ1n) is 12.6. The van der Waals surface area contributed by atoms with E-state index in [1.54, 1.807) is 0 Å². The van der Waals surface area contributed by atoms with Crippen LogP contribution in [-0.4, -0.2) is 24.6 Å². The average molecular weight is 550 g/mol. The molecule has 7 heteroatoms. The second kappa shape index (κ2) is 9.43. The van der Waals surface area contributed by atoms with Gasteiger partial charge in [-0.2, -0.15) is 0 Å². The minimum absolute atomic E-state index is 0.0471. The standard InChI is InChI=1S/C29H28BrNO5/c1-16-26(29(33)36-19-9-5-6-10-19)27(20-13-24-25(14-21(20)30)35-15-34-24)28-22(31-16)11-18(12-23(28)32)17-7-3-2-4-8-17/h2-4,7-8,13-14,18-19,27,31H,5-6,9-12,15H2,1H3/t18-,27+/m0/s1. The summed E-state index contributed by atoms with van der Waals surface area (Å²) < 4.78 is 17.9. The minimum atomic E-state index is -0.553. The number of ether oxygens (including phenoxy) is 3. The van der Waals surface area contributed by atoms with Crippen molar-refractivity contribution < 1.29 is 23.8 Å². The Morgan fingerprint density at radius 2 is 1.78 bits per heavy atom. The van der Waals surface area contributed by atoms with Crippen LogP contribution in [0.15, 0.2) is 69.5 Å². The number of Topliss-reactive ketones (excluding diaryl/α,β-unsaturated/α-hetero) is 1. The second-order valence-corrected chi connectivity index (χ2v) is 10.8. The van der Waals surface area contributed by atoms with Crippen molar-refractivity contribution in [2.24, 2.45) is 0 Å². The monoisotopic (exact) mass is 549 g/mol. The number of halogens is 1.